The van der Waals surface area contributed by atoms with Gasteiger partial charge in [0.05, 0.1) is 19.1 Å². The first kappa shape index (κ1) is 16.1. The largest absolute Gasteiger partial charge is 0.496 e. The molecule has 0 aliphatic rings. The number of ether oxygens (including phenoxy) is 1. The molecule has 0 spiro atoms. The summed E-state index contributed by atoms with van der Waals surface area (Å²) >= 11 is 1.32. The van der Waals surface area contributed by atoms with E-state index in [-0.39, 0.29) is 5.91 Å². The molecule has 1 aromatic carbocycles. The number of nitrogens with one attached hydrogen (secondary N) is 2. The molecular formula is C18H14N4O3S. The van der Waals surface area contributed by atoms with Crippen LogP contribution in [0.15, 0.2) is 58.5 Å². The van der Waals surface area contributed by atoms with Gasteiger partial charge in [0.15, 0.2) is 10.9 Å². The molecule has 0 bridgehead atoms. The van der Waals surface area contributed by atoms with E-state index in [0.717, 1.165) is 5.56 Å². The van der Waals surface area contributed by atoms with Crippen LogP contribution in [0.4, 0.5) is 5.13 Å². The molecule has 0 radical (unpaired) electrons. The van der Waals surface area contributed by atoms with E-state index in [1.807, 2.05) is 35.7 Å². The minimum absolute atomic E-state index is 0.320. The van der Waals surface area contributed by atoms with Gasteiger partial charge in [-0.1, -0.05) is 12.1 Å². The second-order valence-corrected chi connectivity index (χ2v) is 6.19. The highest BCUT2D eigenvalue weighted by atomic mass is 32.1. The van der Waals surface area contributed by atoms with Crippen LogP contribution in [0.2, 0.25) is 0 Å². The summed E-state index contributed by atoms with van der Waals surface area (Å²) in [4.78, 5) is 16.8. The zero-order chi connectivity index (χ0) is 17.9. The van der Waals surface area contributed by atoms with Crippen LogP contribution in [-0.2, 0) is 0 Å². The molecule has 8 heteroatoms. The number of benzene rings is 1. The lowest BCUT2D eigenvalue weighted by atomic mass is 10.1. The molecule has 4 rings (SSSR count). The fourth-order valence-corrected chi connectivity index (χ4v) is 3.16. The predicted molar refractivity (Wildman–Crippen MR) is 98.3 cm³/mol. The molecule has 0 atom stereocenters. The Hall–Kier alpha value is -3.39. The van der Waals surface area contributed by atoms with Crippen molar-refractivity contribution in [2.45, 2.75) is 0 Å². The number of carbonyl (C=O) groups is 1. The topological polar surface area (TPSA) is 93.0 Å². The van der Waals surface area contributed by atoms with Crippen molar-refractivity contribution < 1.29 is 13.9 Å². The van der Waals surface area contributed by atoms with E-state index < -0.39 is 0 Å². The number of thiazole rings is 1. The highest BCUT2D eigenvalue weighted by Gasteiger charge is 2.15. The number of para-hydroxylation sites is 1. The number of H-pyrrole nitrogens is 1. The maximum Gasteiger partial charge on any atom is 0.275 e. The van der Waals surface area contributed by atoms with Crippen LogP contribution in [-0.4, -0.2) is 28.2 Å². The first-order valence-corrected chi connectivity index (χ1v) is 8.62. The number of rotatable bonds is 5. The van der Waals surface area contributed by atoms with Crippen LogP contribution in [0.3, 0.4) is 0 Å². The molecule has 0 aliphatic carbocycles. The average Bonchev–Trinajstić information content (AvgIpc) is 3.41. The maximum absolute atomic E-state index is 12.4. The Morgan fingerprint density at radius 2 is 2.12 bits per heavy atom. The standard InChI is InChI=1S/C18H14N4O3S/c1-24-15-6-3-2-5-11(15)12-9-13(22-21-12)17(23)20-18-19-14(10-26-18)16-7-4-8-25-16/h2-10H,1H3,(H,21,22)(H,19,20,23). The molecule has 0 saturated carbocycles. The third-order valence-corrected chi connectivity index (χ3v) is 4.46. The van der Waals surface area contributed by atoms with Crippen molar-refractivity contribution in [3.05, 3.63) is 59.8 Å². The molecule has 0 unspecified atom stereocenters. The molecule has 3 heterocycles. The number of furan rings is 1. The van der Waals surface area contributed by atoms with Crippen LogP contribution in [0.25, 0.3) is 22.7 Å². The number of methoxy groups -OCH3 is 1. The first-order chi connectivity index (χ1) is 12.7. The molecule has 4 aromatic rings. The van der Waals surface area contributed by atoms with Crippen molar-refractivity contribution in [2.75, 3.05) is 12.4 Å². The molecule has 0 fully saturated rings. The highest BCUT2D eigenvalue weighted by molar-refractivity contribution is 7.14. The van der Waals surface area contributed by atoms with E-state index >= 15 is 0 Å². The Kier molecular flexibility index (Phi) is 4.24. The lowest BCUT2D eigenvalue weighted by molar-refractivity contribution is 0.102. The molecule has 1 amide bonds. The highest BCUT2D eigenvalue weighted by Crippen LogP contribution is 2.29. The van der Waals surface area contributed by atoms with Crippen LogP contribution in [0.5, 0.6) is 5.75 Å². The van der Waals surface area contributed by atoms with Gasteiger partial charge >= 0.3 is 0 Å². The number of aromatic amines is 1. The average molecular weight is 366 g/mol. The van der Waals surface area contributed by atoms with Gasteiger partial charge in [-0.05, 0) is 30.3 Å². The minimum atomic E-state index is -0.320. The summed E-state index contributed by atoms with van der Waals surface area (Å²) in [6.45, 7) is 0. The zero-order valence-corrected chi connectivity index (χ0v) is 14.5. The van der Waals surface area contributed by atoms with Gasteiger partial charge in [0, 0.05) is 10.9 Å². The van der Waals surface area contributed by atoms with E-state index in [4.69, 9.17) is 9.15 Å². The second kappa shape index (κ2) is 6.85. The summed E-state index contributed by atoms with van der Waals surface area (Å²) in [7, 11) is 1.60. The number of carbonyl (C=O) groups excluding carboxylic acids is 1. The van der Waals surface area contributed by atoms with Crippen molar-refractivity contribution in [1.29, 1.82) is 0 Å². The molecule has 26 heavy (non-hydrogen) atoms. The van der Waals surface area contributed by atoms with E-state index in [2.05, 4.69) is 20.5 Å². The van der Waals surface area contributed by atoms with Gasteiger partial charge < -0.3 is 9.15 Å². The van der Waals surface area contributed by atoms with Crippen molar-refractivity contribution in [3.8, 4) is 28.5 Å². The maximum atomic E-state index is 12.4. The third kappa shape index (κ3) is 3.09. The number of hydrogen-bond acceptors (Lipinski definition) is 6. The number of nitrogens with zero attached hydrogens (tertiary/aromatic N) is 2. The van der Waals surface area contributed by atoms with Crippen LogP contribution < -0.4 is 10.1 Å². The van der Waals surface area contributed by atoms with Gasteiger partial charge in [-0.2, -0.15) is 5.10 Å². The molecule has 7 nitrogen and oxygen atoms in total. The van der Waals surface area contributed by atoms with Gasteiger partial charge in [-0.3, -0.25) is 15.2 Å². The summed E-state index contributed by atoms with van der Waals surface area (Å²) < 4.78 is 10.6. The van der Waals surface area contributed by atoms with Gasteiger partial charge in [0.1, 0.15) is 17.1 Å². The van der Waals surface area contributed by atoms with Crippen molar-refractivity contribution in [2.24, 2.45) is 0 Å². The van der Waals surface area contributed by atoms with Gasteiger partial charge in [-0.25, -0.2) is 4.98 Å². The monoisotopic (exact) mass is 366 g/mol. The predicted octanol–water partition coefficient (Wildman–Crippen LogP) is 4.05. The first-order valence-electron chi connectivity index (χ1n) is 7.74. The quantitative estimate of drug-likeness (QED) is 0.556. The molecule has 0 aliphatic heterocycles. The molecule has 0 saturated heterocycles. The fraction of sp³-hybridized carbons (Fsp3) is 0.0556. The van der Waals surface area contributed by atoms with Crippen molar-refractivity contribution in [1.82, 2.24) is 15.2 Å². The molecule has 130 valence electrons. The van der Waals surface area contributed by atoms with E-state index in [1.165, 1.54) is 11.3 Å². The molecular weight excluding hydrogens is 352 g/mol. The summed E-state index contributed by atoms with van der Waals surface area (Å²) in [5, 5.41) is 12.0. The van der Waals surface area contributed by atoms with Crippen LogP contribution >= 0.6 is 11.3 Å². The SMILES string of the molecule is COc1ccccc1-c1cc(C(=O)Nc2nc(-c3ccco3)cs2)[nH]n1. The normalized spacial score (nSPS) is 10.7. The number of amides is 1. The smallest absolute Gasteiger partial charge is 0.275 e. The molecule has 2 N–H and O–H groups in total. The zero-order valence-electron chi connectivity index (χ0n) is 13.7. The Bertz CT molecular complexity index is 1040. The van der Waals surface area contributed by atoms with Crippen LogP contribution in [0.1, 0.15) is 10.5 Å². The van der Waals surface area contributed by atoms with E-state index in [1.54, 1.807) is 25.5 Å². The summed E-state index contributed by atoms with van der Waals surface area (Å²) in [5.74, 6) is 1.02. The Morgan fingerprint density at radius 3 is 2.92 bits per heavy atom. The summed E-state index contributed by atoms with van der Waals surface area (Å²) in [6, 6.07) is 12.8. The lowest BCUT2D eigenvalue weighted by Crippen LogP contribution is -2.12. The third-order valence-electron chi connectivity index (χ3n) is 3.70. The van der Waals surface area contributed by atoms with Gasteiger partial charge in [0.25, 0.3) is 5.91 Å². The fourth-order valence-electron chi connectivity index (χ4n) is 2.47. The second-order valence-electron chi connectivity index (χ2n) is 5.34. The van der Waals surface area contributed by atoms with E-state index in [0.29, 0.717) is 33.7 Å². The van der Waals surface area contributed by atoms with Gasteiger partial charge in [0.2, 0.25) is 0 Å². The van der Waals surface area contributed by atoms with Crippen molar-refractivity contribution >= 4 is 22.4 Å². The number of anilines is 1. The summed E-state index contributed by atoms with van der Waals surface area (Å²) in [6.07, 6.45) is 1.58. The minimum Gasteiger partial charge on any atom is -0.496 e. The van der Waals surface area contributed by atoms with Gasteiger partial charge in [-0.15, -0.1) is 11.3 Å². The summed E-state index contributed by atoms with van der Waals surface area (Å²) in [5.41, 5.74) is 2.44. The Morgan fingerprint density at radius 1 is 1.23 bits per heavy atom. The van der Waals surface area contributed by atoms with Crippen molar-refractivity contribution in [3.63, 3.8) is 0 Å². The lowest BCUT2D eigenvalue weighted by Gasteiger charge is -2.04. The van der Waals surface area contributed by atoms with E-state index in [9.17, 15) is 4.79 Å². The Labute approximate surface area is 152 Å². The number of aromatic nitrogens is 3. The Balaban J connectivity index is 1.52. The molecule has 3 aromatic heterocycles. The van der Waals surface area contributed by atoms with Crippen LogP contribution in [0, 0.1) is 0 Å². The number of hydrogen-bond donors (Lipinski definition) is 2.